The SMILES string of the molecule is CCOC1NC(NC2CCN([S+](C)(=O)[O-])CC2)NC(NC2CCC(F)C(C)C2)N1. The number of sulfonamides is 1. The van der Waals surface area contributed by atoms with E-state index in [1.54, 1.807) is 0 Å². The Balaban J connectivity index is 1.51. The number of nitrogens with one attached hydrogen (secondary N) is 5. The summed E-state index contributed by atoms with van der Waals surface area (Å²) in [6.07, 6.45) is 3.63. The van der Waals surface area contributed by atoms with Crippen molar-refractivity contribution in [1.29, 1.82) is 0 Å². The Morgan fingerprint density at radius 1 is 1.10 bits per heavy atom. The van der Waals surface area contributed by atoms with Gasteiger partial charge in [-0.2, -0.15) is 0 Å². The van der Waals surface area contributed by atoms with Crippen LogP contribution in [0.1, 0.15) is 46.0 Å². The molecule has 0 aromatic heterocycles. The molecular weight excluding hydrogens is 399 g/mol. The van der Waals surface area contributed by atoms with Crippen molar-refractivity contribution < 1.29 is 17.9 Å². The monoisotopic (exact) mass is 436 g/mol. The van der Waals surface area contributed by atoms with Crippen LogP contribution in [0, 0.1) is 5.92 Å². The van der Waals surface area contributed by atoms with E-state index in [2.05, 4.69) is 26.6 Å². The van der Waals surface area contributed by atoms with E-state index in [9.17, 15) is 13.2 Å². The molecule has 0 amide bonds. The van der Waals surface area contributed by atoms with E-state index in [4.69, 9.17) is 4.74 Å². The van der Waals surface area contributed by atoms with Gasteiger partial charge in [0.1, 0.15) is 35.4 Å². The molecule has 2 aliphatic heterocycles. The summed E-state index contributed by atoms with van der Waals surface area (Å²) in [4.78, 5) is 0. The third-order valence-corrected chi connectivity index (χ3v) is 7.40. The van der Waals surface area contributed by atoms with Crippen LogP contribution in [-0.2, 0) is 19.3 Å². The number of piperidine rings is 1. The van der Waals surface area contributed by atoms with Crippen LogP contribution in [0.5, 0.6) is 0 Å². The molecule has 7 atom stereocenters. The molecule has 0 aromatic rings. The average Bonchev–Trinajstić information content (AvgIpc) is 2.65. The number of nitrogens with zero attached hydrogens (tertiary/aromatic N) is 1. The van der Waals surface area contributed by atoms with Gasteiger partial charge in [-0.1, -0.05) is 11.1 Å². The number of hydrogen-bond acceptors (Lipinski definition) is 8. The molecule has 29 heavy (non-hydrogen) atoms. The molecule has 3 rings (SSSR count). The molecule has 2 heterocycles. The zero-order valence-electron chi connectivity index (χ0n) is 17.7. The van der Waals surface area contributed by atoms with Gasteiger partial charge in [-0.25, -0.2) is 4.39 Å². The third-order valence-electron chi connectivity index (χ3n) is 6.10. The van der Waals surface area contributed by atoms with E-state index < -0.39 is 16.6 Å². The Morgan fingerprint density at radius 3 is 2.28 bits per heavy atom. The number of hydrogen-bond donors (Lipinski definition) is 5. The summed E-state index contributed by atoms with van der Waals surface area (Å²) >= 11 is 0. The quantitative estimate of drug-likeness (QED) is 0.355. The Bertz CT molecular complexity index is 562. The van der Waals surface area contributed by atoms with Crippen LogP contribution in [0.4, 0.5) is 4.39 Å². The number of alkyl halides is 1. The third kappa shape index (κ3) is 6.88. The molecule has 7 unspecified atom stereocenters. The zero-order chi connectivity index (χ0) is 21.0. The summed E-state index contributed by atoms with van der Waals surface area (Å²) in [6.45, 7) is 5.55. The van der Waals surface area contributed by atoms with E-state index in [0.29, 0.717) is 26.1 Å². The van der Waals surface area contributed by atoms with Crippen LogP contribution in [-0.4, -0.2) is 72.0 Å². The van der Waals surface area contributed by atoms with Gasteiger partial charge in [0, 0.05) is 31.8 Å². The van der Waals surface area contributed by atoms with Crippen LogP contribution < -0.4 is 26.6 Å². The molecule has 5 N–H and O–H groups in total. The zero-order valence-corrected chi connectivity index (χ0v) is 18.5. The Kier molecular flexibility index (Phi) is 8.38. The predicted molar refractivity (Wildman–Crippen MR) is 110 cm³/mol. The lowest BCUT2D eigenvalue weighted by atomic mass is 9.85. The second kappa shape index (κ2) is 10.4. The number of halogens is 1. The fourth-order valence-corrected chi connectivity index (χ4v) is 5.28. The second-order valence-corrected chi connectivity index (χ2v) is 10.5. The van der Waals surface area contributed by atoms with E-state index in [-0.39, 0.29) is 36.9 Å². The molecule has 9 nitrogen and oxygen atoms in total. The first-order chi connectivity index (χ1) is 13.7. The van der Waals surface area contributed by atoms with Crippen molar-refractivity contribution in [1.82, 2.24) is 30.9 Å². The summed E-state index contributed by atoms with van der Waals surface area (Å²) in [5, 5.41) is 17.2. The lowest BCUT2D eigenvalue weighted by Gasteiger charge is -2.43. The van der Waals surface area contributed by atoms with Gasteiger partial charge < -0.3 is 9.29 Å². The van der Waals surface area contributed by atoms with E-state index in [1.165, 1.54) is 10.6 Å². The van der Waals surface area contributed by atoms with Crippen molar-refractivity contribution >= 4 is 10.4 Å². The topological polar surface area (TPSA) is 113 Å². The van der Waals surface area contributed by atoms with Crippen LogP contribution >= 0.6 is 0 Å². The normalized spacial score (nSPS) is 39.9. The van der Waals surface area contributed by atoms with Crippen molar-refractivity contribution in [2.24, 2.45) is 5.92 Å². The minimum atomic E-state index is -3.12. The number of rotatable bonds is 7. The van der Waals surface area contributed by atoms with Gasteiger partial charge in [0.15, 0.2) is 6.35 Å². The van der Waals surface area contributed by atoms with E-state index in [1.807, 2.05) is 13.8 Å². The smallest absolute Gasteiger partial charge is 0.167 e. The lowest BCUT2D eigenvalue weighted by molar-refractivity contribution is -0.0489. The molecule has 1 aliphatic carbocycles. The molecule has 11 heteroatoms. The van der Waals surface area contributed by atoms with Crippen LogP contribution in [0.25, 0.3) is 0 Å². The van der Waals surface area contributed by atoms with Gasteiger partial charge >= 0.3 is 0 Å². The van der Waals surface area contributed by atoms with Crippen LogP contribution in [0.15, 0.2) is 0 Å². The van der Waals surface area contributed by atoms with Gasteiger partial charge in [0.25, 0.3) is 0 Å². The highest BCUT2D eigenvalue weighted by Crippen LogP contribution is 2.27. The molecule has 2 saturated heterocycles. The maximum Gasteiger partial charge on any atom is 0.167 e. The lowest BCUT2D eigenvalue weighted by Crippen LogP contribution is -2.76. The summed E-state index contributed by atoms with van der Waals surface area (Å²) in [6, 6.07) is 0.460. The first kappa shape index (κ1) is 23.4. The van der Waals surface area contributed by atoms with Crippen LogP contribution in [0.3, 0.4) is 0 Å². The van der Waals surface area contributed by atoms with Gasteiger partial charge in [-0.05, 0) is 44.9 Å². The van der Waals surface area contributed by atoms with E-state index >= 15 is 0 Å². The highest BCUT2D eigenvalue weighted by molar-refractivity contribution is 7.94. The molecule has 0 spiro atoms. The minimum Gasteiger partial charge on any atom is -0.598 e. The van der Waals surface area contributed by atoms with Crippen molar-refractivity contribution in [3.63, 3.8) is 0 Å². The van der Waals surface area contributed by atoms with Gasteiger partial charge in [-0.3, -0.25) is 26.6 Å². The molecule has 3 fully saturated rings. The summed E-state index contributed by atoms with van der Waals surface area (Å²) in [7, 11) is -3.12. The van der Waals surface area contributed by atoms with Crippen LogP contribution in [0.2, 0.25) is 0 Å². The van der Waals surface area contributed by atoms with Crippen molar-refractivity contribution in [3.05, 3.63) is 0 Å². The second-order valence-electron chi connectivity index (χ2n) is 8.47. The van der Waals surface area contributed by atoms with Gasteiger partial charge in [0.2, 0.25) is 0 Å². The Hall–Kier alpha value is -0.240. The highest BCUT2D eigenvalue weighted by atomic mass is 32.3. The summed E-state index contributed by atoms with van der Waals surface area (Å²) in [5.74, 6) is 0.0691. The first-order valence-electron chi connectivity index (χ1n) is 10.8. The molecule has 0 bridgehead atoms. The maximum absolute atomic E-state index is 13.8. The maximum atomic E-state index is 13.8. The minimum absolute atomic E-state index is 0.0691. The van der Waals surface area contributed by atoms with Crippen molar-refractivity contribution in [2.75, 3.05) is 26.0 Å². The van der Waals surface area contributed by atoms with Gasteiger partial charge in [0.05, 0.1) is 0 Å². The molecule has 170 valence electrons. The molecular formula is C18H37FN6O3S. The predicted octanol–water partition coefficient (Wildman–Crippen LogP) is 0.00110. The molecule has 0 radical (unpaired) electrons. The molecule has 1 saturated carbocycles. The fraction of sp³-hybridized carbons (Fsp3) is 1.00. The Labute approximate surface area is 174 Å². The van der Waals surface area contributed by atoms with E-state index in [0.717, 1.165) is 25.7 Å². The van der Waals surface area contributed by atoms with Gasteiger partial charge in [-0.15, -0.1) is 4.31 Å². The summed E-state index contributed by atoms with van der Waals surface area (Å²) in [5.41, 5.74) is 0. The average molecular weight is 437 g/mol. The Morgan fingerprint density at radius 2 is 1.72 bits per heavy atom. The molecule has 3 aliphatic rings. The number of ether oxygens (including phenoxy) is 1. The largest absolute Gasteiger partial charge is 0.598 e. The van der Waals surface area contributed by atoms with Crippen molar-refractivity contribution in [3.8, 4) is 0 Å². The van der Waals surface area contributed by atoms with Crippen molar-refractivity contribution in [2.45, 2.75) is 83.1 Å². The molecule has 0 aromatic carbocycles. The fourth-order valence-electron chi connectivity index (χ4n) is 4.41. The first-order valence-corrected chi connectivity index (χ1v) is 12.6. The summed E-state index contributed by atoms with van der Waals surface area (Å²) < 4.78 is 44.4. The standard InChI is InChI=1S/C18H37FN6O3S/c1-4-28-18-23-16(20-13-7-9-25(10-8-13)29(3,26)27)22-17(24-18)21-14-5-6-15(19)12(2)11-14/h12-18,20-24H,4-11H2,1-3H3. The highest BCUT2D eigenvalue weighted by Gasteiger charge is 2.34.